The van der Waals surface area contributed by atoms with Gasteiger partial charge in [0.2, 0.25) is 5.76 Å². The summed E-state index contributed by atoms with van der Waals surface area (Å²) in [6, 6.07) is 0. The lowest BCUT2D eigenvalue weighted by Crippen LogP contribution is -2.41. The summed E-state index contributed by atoms with van der Waals surface area (Å²) >= 11 is 0. The summed E-state index contributed by atoms with van der Waals surface area (Å²) in [4.78, 5) is 11.9. The third-order valence-corrected chi connectivity index (χ3v) is 3.94. The minimum absolute atomic E-state index is 0.144. The number of carbonyl (C=O) groups is 1. The fourth-order valence-electron chi connectivity index (χ4n) is 2.86. The predicted molar refractivity (Wildman–Crippen MR) is 67.4 cm³/mol. The second-order valence-electron chi connectivity index (χ2n) is 5.56. The van der Waals surface area contributed by atoms with Crippen molar-refractivity contribution in [2.75, 3.05) is 6.61 Å². The van der Waals surface area contributed by atoms with Crippen molar-refractivity contribution < 1.29 is 28.8 Å². The van der Waals surface area contributed by atoms with E-state index in [1.54, 1.807) is 6.92 Å². The SMILES string of the molecule is C[C@@H]1OC[C@@H](O)[C@H](/C=C2\OC3(CCCCC3)OC2=O)O1. The number of ether oxygens (including phenoxy) is 4. The average molecular weight is 284 g/mol. The Hall–Kier alpha value is -1.11. The summed E-state index contributed by atoms with van der Waals surface area (Å²) in [7, 11) is 0. The number of aliphatic hydroxyl groups excluding tert-OH is 1. The Morgan fingerprint density at radius 3 is 2.75 bits per heavy atom. The van der Waals surface area contributed by atoms with Crippen molar-refractivity contribution >= 4 is 5.97 Å². The van der Waals surface area contributed by atoms with Crippen LogP contribution in [-0.2, 0) is 23.7 Å². The Bertz CT molecular complexity index is 412. The van der Waals surface area contributed by atoms with E-state index in [9.17, 15) is 9.90 Å². The van der Waals surface area contributed by atoms with Crippen LogP contribution in [0.15, 0.2) is 11.8 Å². The van der Waals surface area contributed by atoms with Crippen molar-refractivity contribution in [1.82, 2.24) is 0 Å². The maximum absolute atomic E-state index is 11.9. The molecule has 1 N–H and O–H groups in total. The van der Waals surface area contributed by atoms with E-state index in [0.29, 0.717) is 0 Å². The second-order valence-corrected chi connectivity index (χ2v) is 5.56. The van der Waals surface area contributed by atoms with Crippen molar-refractivity contribution in [3.05, 3.63) is 11.8 Å². The first kappa shape index (κ1) is 13.9. The third-order valence-electron chi connectivity index (χ3n) is 3.94. The Labute approximate surface area is 117 Å². The quantitative estimate of drug-likeness (QED) is 0.576. The molecule has 0 aromatic heterocycles. The van der Waals surface area contributed by atoms with E-state index in [2.05, 4.69) is 0 Å². The Morgan fingerprint density at radius 1 is 1.25 bits per heavy atom. The average Bonchev–Trinajstić information content (AvgIpc) is 2.71. The van der Waals surface area contributed by atoms with Crippen molar-refractivity contribution in [2.24, 2.45) is 0 Å². The van der Waals surface area contributed by atoms with Crippen LogP contribution in [0.3, 0.4) is 0 Å². The van der Waals surface area contributed by atoms with Gasteiger partial charge in [0.1, 0.15) is 12.2 Å². The fourth-order valence-corrected chi connectivity index (χ4v) is 2.86. The highest BCUT2D eigenvalue weighted by Gasteiger charge is 2.47. The minimum atomic E-state index is -0.807. The van der Waals surface area contributed by atoms with Crippen LogP contribution in [0.1, 0.15) is 39.0 Å². The molecule has 0 amide bonds. The first-order chi connectivity index (χ1) is 9.58. The molecule has 0 bridgehead atoms. The molecule has 1 saturated carbocycles. The van der Waals surface area contributed by atoms with Gasteiger partial charge >= 0.3 is 5.97 Å². The number of hydrogen-bond donors (Lipinski definition) is 1. The third kappa shape index (κ3) is 2.68. The van der Waals surface area contributed by atoms with Crippen molar-refractivity contribution in [3.63, 3.8) is 0 Å². The molecule has 0 unspecified atom stereocenters. The molecular weight excluding hydrogens is 264 g/mol. The van der Waals surface area contributed by atoms with E-state index in [4.69, 9.17) is 18.9 Å². The maximum Gasteiger partial charge on any atom is 0.376 e. The molecule has 1 aliphatic carbocycles. The molecule has 0 radical (unpaired) electrons. The van der Waals surface area contributed by atoms with Crippen LogP contribution in [0.25, 0.3) is 0 Å². The Balaban J connectivity index is 1.73. The van der Waals surface area contributed by atoms with Crippen LogP contribution in [0, 0.1) is 0 Å². The zero-order valence-electron chi connectivity index (χ0n) is 11.5. The maximum atomic E-state index is 11.9. The van der Waals surface area contributed by atoms with E-state index in [0.717, 1.165) is 32.1 Å². The van der Waals surface area contributed by atoms with Gasteiger partial charge < -0.3 is 24.1 Å². The Kier molecular flexibility index (Phi) is 3.70. The van der Waals surface area contributed by atoms with Crippen LogP contribution in [0.2, 0.25) is 0 Å². The molecule has 1 spiro atoms. The number of rotatable bonds is 1. The van der Waals surface area contributed by atoms with Crippen LogP contribution in [0.5, 0.6) is 0 Å². The molecule has 6 nitrogen and oxygen atoms in total. The van der Waals surface area contributed by atoms with Crippen LogP contribution >= 0.6 is 0 Å². The number of carbonyl (C=O) groups excluding carboxylic acids is 1. The first-order valence-electron chi connectivity index (χ1n) is 7.17. The summed E-state index contributed by atoms with van der Waals surface area (Å²) in [5.74, 6) is -1.12. The van der Waals surface area contributed by atoms with Gasteiger partial charge in [0.25, 0.3) is 5.79 Å². The minimum Gasteiger partial charge on any atom is -0.445 e. The van der Waals surface area contributed by atoms with Gasteiger partial charge in [0.05, 0.1) is 6.61 Å². The molecule has 6 heteroatoms. The van der Waals surface area contributed by atoms with Gasteiger partial charge in [-0.05, 0) is 25.8 Å². The highest BCUT2D eigenvalue weighted by atomic mass is 16.8. The predicted octanol–water partition coefficient (Wildman–Crippen LogP) is 1.23. The zero-order chi connectivity index (χ0) is 14.2. The summed E-state index contributed by atoms with van der Waals surface area (Å²) in [6.07, 6.45) is 4.26. The molecular formula is C14H20O6. The van der Waals surface area contributed by atoms with Crippen LogP contribution in [-0.4, -0.2) is 42.0 Å². The molecule has 2 heterocycles. The van der Waals surface area contributed by atoms with E-state index in [-0.39, 0.29) is 12.4 Å². The Morgan fingerprint density at radius 2 is 2.00 bits per heavy atom. The van der Waals surface area contributed by atoms with Crippen molar-refractivity contribution in [3.8, 4) is 0 Å². The van der Waals surface area contributed by atoms with Gasteiger partial charge in [0.15, 0.2) is 6.29 Å². The molecule has 20 heavy (non-hydrogen) atoms. The normalized spacial score (nSPS) is 38.8. The van der Waals surface area contributed by atoms with Crippen LogP contribution in [0.4, 0.5) is 0 Å². The van der Waals surface area contributed by atoms with Crippen molar-refractivity contribution in [1.29, 1.82) is 0 Å². The summed E-state index contributed by atoms with van der Waals surface area (Å²) in [5, 5.41) is 9.83. The second kappa shape index (κ2) is 5.35. The summed E-state index contributed by atoms with van der Waals surface area (Å²) in [6.45, 7) is 1.92. The monoisotopic (exact) mass is 284 g/mol. The van der Waals surface area contributed by atoms with Gasteiger partial charge in [-0.15, -0.1) is 0 Å². The molecule has 112 valence electrons. The van der Waals surface area contributed by atoms with E-state index in [1.807, 2.05) is 0 Å². The van der Waals surface area contributed by atoms with E-state index >= 15 is 0 Å². The van der Waals surface area contributed by atoms with Crippen molar-refractivity contribution in [2.45, 2.75) is 63.3 Å². The summed E-state index contributed by atoms with van der Waals surface area (Å²) in [5.41, 5.74) is 0. The topological polar surface area (TPSA) is 74.2 Å². The highest BCUT2D eigenvalue weighted by molar-refractivity contribution is 5.88. The molecule has 3 aliphatic rings. The smallest absolute Gasteiger partial charge is 0.376 e. The van der Waals surface area contributed by atoms with E-state index in [1.165, 1.54) is 6.08 Å². The molecule has 0 aromatic carbocycles. The molecule has 3 atom stereocenters. The molecule has 2 saturated heterocycles. The van der Waals surface area contributed by atoms with E-state index < -0.39 is 30.3 Å². The standard InChI is InChI=1S/C14H20O6/c1-9-17-8-10(15)11(18-9)7-12-13(16)20-14(19-12)5-3-2-4-6-14/h7,9-11,15H,2-6,8H2,1H3/b12-7-/t9-,10-,11+/m1/s1. The lowest BCUT2D eigenvalue weighted by atomic mass is 9.94. The van der Waals surface area contributed by atoms with Gasteiger partial charge in [-0.3, -0.25) is 0 Å². The summed E-state index contributed by atoms with van der Waals surface area (Å²) < 4.78 is 21.8. The van der Waals surface area contributed by atoms with Gasteiger partial charge in [-0.2, -0.15) is 0 Å². The highest BCUT2D eigenvalue weighted by Crippen LogP contribution is 2.40. The van der Waals surface area contributed by atoms with Crippen LogP contribution < -0.4 is 0 Å². The molecule has 3 fully saturated rings. The largest absolute Gasteiger partial charge is 0.445 e. The zero-order valence-corrected chi connectivity index (χ0v) is 11.5. The molecule has 2 aliphatic heterocycles. The lowest BCUT2D eigenvalue weighted by molar-refractivity contribution is -0.231. The fraction of sp³-hybridized carbons (Fsp3) is 0.786. The first-order valence-corrected chi connectivity index (χ1v) is 7.17. The molecule has 3 rings (SSSR count). The number of hydrogen-bond acceptors (Lipinski definition) is 6. The van der Waals surface area contributed by atoms with Gasteiger partial charge in [-0.1, -0.05) is 6.42 Å². The van der Waals surface area contributed by atoms with Gasteiger partial charge in [0, 0.05) is 12.8 Å². The number of aliphatic hydroxyl groups is 1. The van der Waals surface area contributed by atoms with Gasteiger partial charge in [-0.25, -0.2) is 4.79 Å². The number of esters is 1. The lowest BCUT2D eigenvalue weighted by Gasteiger charge is -2.31. The molecule has 0 aromatic rings.